The fourth-order valence-corrected chi connectivity index (χ4v) is 0.981. The third-order valence-electron chi connectivity index (χ3n) is 1.48. The number of ketones is 1. The number of carbonyl (C=O) groups is 3. The van der Waals surface area contributed by atoms with Gasteiger partial charge < -0.3 is 25.1 Å². The van der Waals surface area contributed by atoms with Crippen molar-refractivity contribution >= 4 is 17.7 Å². The fourth-order valence-electron chi connectivity index (χ4n) is 0.981. The van der Waals surface area contributed by atoms with Crippen LogP contribution in [0.5, 0.6) is 0 Å². The molecule has 0 aliphatic heterocycles. The summed E-state index contributed by atoms with van der Waals surface area (Å²) in [7, 11) is 0. The van der Waals surface area contributed by atoms with Crippen LogP contribution in [-0.2, 0) is 14.4 Å². The largest absolute Gasteiger partial charge is 1.00 e. The van der Waals surface area contributed by atoms with Gasteiger partial charge in [-0.2, -0.15) is 0 Å². The summed E-state index contributed by atoms with van der Waals surface area (Å²) in [6.07, 6.45) is 0.441. The molecule has 17 heavy (non-hydrogen) atoms. The minimum absolute atomic E-state index is 0. The Balaban J connectivity index is -0.000000980. The van der Waals surface area contributed by atoms with Crippen LogP contribution in [0.4, 0.5) is 0 Å². The number of carbonyl (C=O) groups excluding carboxylic acids is 3. The van der Waals surface area contributed by atoms with Crippen molar-refractivity contribution in [1.82, 2.24) is 5.32 Å². The van der Waals surface area contributed by atoms with E-state index in [-0.39, 0.29) is 70.6 Å². The Kier molecular flexibility index (Phi) is 14.8. The molecule has 0 spiro atoms. The number of aliphatic carboxylic acids is 2. The molecule has 0 aromatic carbocycles. The minimum atomic E-state index is -1.56. The zero-order valence-corrected chi connectivity index (χ0v) is 14.4. The monoisotopic (exact) mass is 259 g/mol. The third kappa shape index (κ3) is 12.4. The summed E-state index contributed by atoms with van der Waals surface area (Å²) in [5.41, 5.74) is 0.262. The molecule has 84 valence electrons. The van der Waals surface area contributed by atoms with Crippen LogP contribution in [0.15, 0.2) is 11.8 Å². The normalized spacial score (nSPS) is 11.5. The van der Waals surface area contributed by atoms with Crippen molar-refractivity contribution in [2.75, 3.05) is 0 Å². The van der Waals surface area contributed by atoms with Crippen LogP contribution in [0.25, 0.3) is 0 Å². The van der Waals surface area contributed by atoms with E-state index in [1.165, 1.54) is 13.8 Å². The van der Waals surface area contributed by atoms with Gasteiger partial charge in [-0.05, 0) is 19.9 Å². The van der Waals surface area contributed by atoms with E-state index in [2.05, 4.69) is 5.32 Å². The average Bonchev–Trinajstić information content (AvgIpc) is 1.99. The van der Waals surface area contributed by atoms with Crippen molar-refractivity contribution in [2.45, 2.75) is 26.3 Å². The van der Waals surface area contributed by atoms with Gasteiger partial charge in [0.25, 0.3) is 0 Å². The number of allylic oxidation sites excluding steroid dienone is 2. The van der Waals surface area contributed by atoms with Crippen LogP contribution in [0.1, 0.15) is 20.3 Å². The van der Waals surface area contributed by atoms with Crippen LogP contribution < -0.4 is 74.6 Å². The van der Waals surface area contributed by atoms with Gasteiger partial charge in [-0.1, -0.05) is 0 Å². The summed E-state index contributed by atoms with van der Waals surface area (Å²) in [4.78, 5) is 31.3. The first-order valence-corrected chi connectivity index (χ1v) is 4.19. The zero-order valence-electron chi connectivity index (χ0n) is 10.4. The van der Waals surface area contributed by atoms with Crippen molar-refractivity contribution in [3.63, 3.8) is 0 Å². The van der Waals surface area contributed by atoms with Gasteiger partial charge in [-0.15, -0.1) is 0 Å². The molecule has 0 bridgehead atoms. The smallest absolute Gasteiger partial charge is 0.550 e. The molecule has 6 nitrogen and oxygen atoms in total. The predicted octanol–water partition coefficient (Wildman–Crippen LogP) is -8.66. The first-order chi connectivity index (χ1) is 6.82. The molecule has 0 amide bonds. The van der Waals surface area contributed by atoms with Crippen LogP contribution >= 0.6 is 0 Å². The number of hydrogen-bond donors (Lipinski definition) is 1. The second-order valence-electron chi connectivity index (χ2n) is 3.03. The Labute approximate surface area is 143 Å². The number of carboxylic acids is 2. The Morgan fingerprint density at radius 3 is 1.94 bits per heavy atom. The van der Waals surface area contributed by atoms with Crippen molar-refractivity contribution < 1.29 is 83.7 Å². The van der Waals surface area contributed by atoms with Crippen molar-refractivity contribution in [3.8, 4) is 0 Å². The van der Waals surface area contributed by atoms with E-state index in [0.717, 1.165) is 6.08 Å². The van der Waals surface area contributed by atoms with Gasteiger partial charge in [-0.3, -0.25) is 4.79 Å². The summed E-state index contributed by atoms with van der Waals surface area (Å²) < 4.78 is 0. The van der Waals surface area contributed by atoms with E-state index in [4.69, 9.17) is 0 Å². The minimum Gasteiger partial charge on any atom is -0.550 e. The molecule has 1 N–H and O–H groups in total. The third-order valence-corrected chi connectivity index (χ3v) is 1.48. The van der Waals surface area contributed by atoms with Crippen LogP contribution in [0.2, 0.25) is 0 Å². The average molecular weight is 259 g/mol. The summed E-state index contributed by atoms with van der Waals surface area (Å²) in [5, 5.41) is 23.0. The van der Waals surface area contributed by atoms with E-state index >= 15 is 0 Å². The Hall–Kier alpha value is 0.150. The first kappa shape index (κ1) is 22.3. The predicted molar refractivity (Wildman–Crippen MR) is 46.0 cm³/mol. The number of nitrogens with one attached hydrogen (secondary N) is 1. The second-order valence-corrected chi connectivity index (χ2v) is 3.03. The fraction of sp³-hybridized carbons (Fsp3) is 0.444. The van der Waals surface area contributed by atoms with Gasteiger partial charge in [0.1, 0.15) is 0 Å². The Morgan fingerprint density at radius 1 is 1.18 bits per heavy atom. The maximum atomic E-state index is 10.6. The van der Waals surface area contributed by atoms with E-state index < -0.39 is 24.4 Å². The Bertz CT molecular complexity index is 317. The molecule has 0 rings (SSSR count). The van der Waals surface area contributed by atoms with Gasteiger partial charge in [0.15, 0.2) is 5.78 Å². The number of rotatable bonds is 6. The quantitative estimate of drug-likeness (QED) is 0.375. The molecule has 0 aliphatic rings. The maximum absolute atomic E-state index is 10.6. The van der Waals surface area contributed by atoms with E-state index in [9.17, 15) is 24.6 Å². The molecular formula is C9H11NNa2O5. The zero-order chi connectivity index (χ0) is 12.0. The topological polar surface area (TPSA) is 109 Å². The summed E-state index contributed by atoms with van der Waals surface area (Å²) in [6, 6.07) is -1.40. The first-order valence-electron chi connectivity index (χ1n) is 4.19. The van der Waals surface area contributed by atoms with E-state index in [1.54, 1.807) is 0 Å². The molecule has 0 aromatic rings. The summed E-state index contributed by atoms with van der Waals surface area (Å²) in [5.74, 6) is -3.34. The molecule has 0 heterocycles. The standard InChI is InChI=1S/C9H13NO5.2Na/c1-5(3-6(2)11)10-7(9(14)15)4-8(12)13;;/h3,7,10H,4H2,1-2H3,(H,12,13)(H,14,15);;/q;2*+1/p-2/t7-;;/m0../s1. The number of hydrogen-bond acceptors (Lipinski definition) is 6. The van der Waals surface area contributed by atoms with Crippen LogP contribution in [0.3, 0.4) is 0 Å². The van der Waals surface area contributed by atoms with E-state index in [1.807, 2.05) is 0 Å². The summed E-state index contributed by atoms with van der Waals surface area (Å²) >= 11 is 0. The molecule has 0 radical (unpaired) electrons. The van der Waals surface area contributed by atoms with Crippen molar-refractivity contribution in [3.05, 3.63) is 11.8 Å². The molecule has 1 atom stereocenters. The van der Waals surface area contributed by atoms with Gasteiger partial charge in [-0.25, -0.2) is 0 Å². The van der Waals surface area contributed by atoms with Gasteiger partial charge in [0.2, 0.25) is 0 Å². The molecule has 0 saturated carbocycles. The molecule has 0 unspecified atom stereocenters. The van der Waals surface area contributed by atoms with Gasteiger partial charge in [0.05, 0.1) is 12.0 Å². The van der Waals surface area contributed by atoms with Gasteiger partial charge in [0, 0.05) is 18.1 Å². The molecule has 0 saturated heterocycles. The number of carboxylic acid groups (broad SMARTS) is 2. The summed E-state index contributed by atoms with van der Waals surface area (Å²) in [6.45, 7) is 2.74. The molecule has 0 aliphatic carbocycles. The van der Waals surface area contributed by atoms with Crippen molar-refractivity contribution in [1.29, 1.82) is 0 Å². The van der Waals surface area contributed by atoms with Crippen molar-refractivity contribution in [2.24, 2.45) is 0 Å². The van der Waals surface area contributed by atoms with Crippen LogP contribution in [-0.4, -0.2) is 23.8 Å². The Morgan fingerprint density at radius 2 is 1.65 bits per heavy atom. The molecule has 8 heteroatoms. The maximum Gasteiger partial charge on any atom is 1.00 e. The molecule has 0 fully saturated rings. The molecular weight excluding hydrogens is 248 g/mol. The second kappa shape index (κ2) is 11.3. The van der Waals surface area contributed by atoms with Crippen LogP contribution in [0, 0.1) is 0 Å². The molecule has 0 aromatic heterocycles. The SMILES string of the molecule is CC(=O)C=C(C)N[C@@H](CC(=O)[O-])C(=O)[O-].[Na+].[Na+]. The van der Waals surface area contributed by atoms with E-state index in [0.29, 0.717) is 0 Å². The van der Waals surface area contributed by atoms with Gasteiger partial charge >= 0.3 is 59.1 Å².